The molecule has 17 heavy (non-hydrogen) atoms. The zero-order chi connectivity index (χ0) is 11.7. The average molecular weight is 228 g/mol. The molecule has 0 aromatic carbocycles. The van der Waals surface area contributed by atoms with Gasteiger partial charge in [-0.15, -0.1) is 0 Å². The van der Waals surface area contributed by atoms with Crippen LogP contribution in [0.1, 0.15) is 12.8 Å². The van der Waals surface area contributed by atoms with Gasteiger partial charge in [-0.05, 0) is 31.0 Å². The van der Waals surface area contributed by atoms with Crippen molar-refractivity contribution in [3.05, 3.63) is 24.4 Å². The largest absolute Gasteiger partial charge is 0.386 e. The molecular weight excluding hydrogens is 212 g/mol. The molecule has 2 aromatic heterocycles. The van der Waals surface area contributed by atoms with E-state index in [1.807, 2.05) is 19.3 Å². The van der Waals surface area contributed by atoms with E-state index in [0.717, 1.165) is 35.6 Å². The smallest absolute Gasteiger partial charge is 0.129 e. The van der Waals surface area contributed by atoms with Crippen molar-refractivity contribution in [1.82, 2.24) is 9.97 Å². The maximum Gasteiger partial charge on any atom is 0.129 e. The molecule has 88 valence electrons. The number of nitrogens with zero attached hydrogens (tertiary/aromatic N) is 3. The molecule has 1 saturated heterocycles. The Bertz CT molecular complexity index is 532. The molecule has 0 atom stereocenters. The minimum atomic E-state index is 0.944. The summed E-state index contributed by atoms with van der Waals surface area (Å²) >= 11 is 0. The fourth-order valence-electron chi connectivity index (χ4n) is 2.34. The van der Waals surface area contributed by atoms with Gasteiger partial charge in [0.15, 0.2) is 0 Å². The second kappa shape index (κ2) is 4.20. The summed E-state index contributed by atoms with van der Waals surface area (Å²) in [5.74, 6) is 1.07. The van der Waals surface area contributed by atoms with Crippen LogP contribution in [-0.4, -0.2) is 30.1 Å². The highest BCUT2D eigenvalue weighted by molar-refractivity contribution is 5.88. The van der Waals surface area contributed by atoms with Gasteiger partial charge < -0.3 is 10.2 Å². The van der Waals surface area contributed by atoms with Gasteiger partial charge in [0.05, 0.1) is 11.2 Å². The molecule has 0 unspecified atom stereocenters. The molecule has 0 spiro atoms. The first-order valence-corrected chi connectivity index (χ1v) is 6.07. The summed E-state index contributed by atoms with van der Waals surface area (Å²) in [6.07, 6.45) is 4.35. The third-order valence-corrected chi connectivity index (χ3v) is 3.27. The van der Waals surface area contributed by atoms with Crippen LogP contribution in [0.15, 0.2) is 24.4 Å². The van der Waals surface area contributed by atoms with Gasteiger partial charge in [0, 0.05) is 26.3 Å². The van der Waals surface area contributed by atoms with E-state index < -0.39 is 0 Å². The van der Waals surface area contributed by atoms with Gasteiger partial charge in [-0.3, -0.25) is 4.98 Å². The minimum absolute atomic E-state index is 0.944. The third-order valence-electron chi connectivity index (χ3n) is 3.27. The van der Waals surface area contributed by atoms with Gasteiger partial charge in [-0.1, -0.05) is 0 Å². The Balaban J connectivity index is 2.10. The molecular formula is C13H16N4. The molecule has 1 aliphatic rings. The van der Waals surface area contributed by atoms with Crippen molar-refractivity contribution in [1.29, 1.82) is 0 Å². The Kier molecular flexibility index (Phi) is 2.55. The van der Waals surface area contributed by atoms with Gasteiger partial charge >= 0.3 is 0 Å². The molecule has 4 nitrogen and oxygen atoms in total. The van der Waals surface area contributed by atoms with Crippen LogP contribution in [0.25, 0.3) is 11.0 Å². The zero-order valence-electron chi connectivity index (χ0n) is 9.98. The number of hydrogen-bond acceptors (Lipinski definition) is 4. The maximum atomic E-state index is 4.73. The molecule has 0 saturated carbocycles. The summed E-state index contributed by atoms with van der Waals surface area (Å²) in [6, 6.07) is 6.08. The Labute approximate surface area is 101 Å². The molecule has 4 heteroatoms. The molecule has 0 radical (unpaired) electrons. The van der Waals surface area contributed by atoms with E-state index in [-0.39, 0.29) is 0 Å². The lowest BCUT2D eigenvalue weighted by Crippen LogP contribution is -2.18. The Morgan fingerprint density at radius 2 is 2.00 bits per heavy atom. The van der Waals surface area contributed by atoms with E-state index in [4.69, 9.17) is 4.98 Å². The normalized spacial score (nSPS) is 15.5. The van der Waals surface area contributed by atoms with Crippen molar-refractivity contribution in [2.24, 2.45) is 0 Å². The van der Waals surface area contributed by atoms with Gasteiger partial charge in [-0.2, -0.15) is 0 Å². The molecule has 1 N–H and O–H groups in total. The van der Waals surface area contributed by atoms with Crippen LogP contribution >= 0.6 is 0 Å². The predicted octanol–water partition coefficient (Wildman–Crippen LogP) is 2.27. The second-order valence-corrected chi connectivity index (χ2v) is 4.34. The number of fused-ring (bicyclic) bond motifs is 1. The highest BCUT2D eigenvalue weighted by atomic mass is 15.2. The lowest BCUT2D eigenvalue weighted by molar-refractivity contribution is 0.943. The number of hydrogen-bond donors (Lipinski definition) is 1. The predicted molar refractivity (Wildman–Crippen MR) is 70.5 cm³/mol. The Hall–Kier alpha value is -1.84. The molecule has 3 heterocycles. The highest BCUT2D eigenvalue weighted by Gasteiger charge is 2.14. The van der Waals surface area contributed by atoms with Crippen molar-refractivity contribution >= 4 is 22.5 Å². The number of pyridine rings is 2. The van der Waals surface area contributed by atoms with Gasteiger partial charge in [0.25, 0.3) is 0 Å². The fraction of sp³-hybridized carbons (Fsp3) is 0.385. The quantitative estimate of drug-likeness (QED) is 0.856. The molecule has 0 aliphatic carbocycles. The summed E-state index contributed by atoms with van der Waals surface area (Å²) in [7, 11) is 1.92. The molecule has 1 aliphatic heterocycles. The fourth-order valence-corrected chi connectivity index (χ4v) is 2.34. The first-order valence-electron chi connectivity index (χ1n) is 6.07. The van der Waals surface area contributed by atoms with Crippen LogP contribution in [0.4, 0.5) is 11.5 Å². The number of nitrogens with one attached hydrogen (secondary N) is 1. The van der Waals surface area contributed by atoms with E-state index >= 15 is 0 Å². The van der Waals surface area contributed by atoms with E-state index in [9.17, 15) is 0 Å². The van der Waals surface area contributed by atoms with Crippen LogP contribution in [0.2, 0.25) is 0 Å². The topological polar surface area (TPSA) is 41.1 Å². The summed E-state index contributed by atoms with van der Waals surface area (Å²) < 4.78 is 0. The lowest BCUT2D eigenvalue weighted by Gasteiger charge is -2.17. The van der Waals surface area contributed by atoms with Crippen molar-refractivity contribution in [2.75, 3.05) is 30.4 Å². The van der Waals surface area contributed by atoms with Gasteiger partial charge in [0.1, 0.15) is 11.3 Å². The maximum absolute atomic E-state index is 4.73. The van der Waals surface area contributed by atoms with E-state index in [2.05, 4.69) is 27.3 Å². The molecule has 0 bridgehead atoms. The number of aromatic nitrogens is 2. The van der Waals surface area contributed by atoms with E-state index in [0.29, 0.717) is 0 Å². The van der Waals surface area contributed by atoms with Crippen LogP contribution in [0.5, 0.6) is 0 Å². The molecule has 3 rings (SSSR count). The monoisotopic (exact) mass is 228 g/mol. The van der Waals surface area contributed by atoms with Crippen LogP contribution < -0.4 is 10.2 Å². The van der Waals surface area contributed by atoms with E-state index in [1.54, 1.807) is 0 Å². The molecule has 0 amide bonds. The van der Waals surface area contributed by atoms with Crippen LogP contribution in [0, 0.1) is 0 Å². The Morgan fingerprint density at radius 3 is 2.76 bits per heavy atom. The van der Waals surface area contributed by atoms with Crippen molar-refractivity contribution in [3.8, 4) is 0 Å². The summed E-state index contributed by atoms with van der Waals surface area (Å²) in [6.45, 7) is 2.24. The third kappa shape index (κ3) is 1.79. The SMILES string of the molecule is CNc1ccnc2ccc(N3CCCC3)nc12. The summed E-state index contributed by atoms with van der Waals surface area (Å²) in [5, 5.41) is 3.17. The summed E-state index contributed by atoms with van der Waals surface area (Å²) in [5.41, 5.74) is 2.94. The first-order chi connectivity index (χ1) is 8.38. The van der Waals surface area contributed by atoms with Gasteiger partial charge in [0.2, 0.25) is 0 Å². The van der Waals surface area contributed by atoms with Gasteiger partial charge in [-0.25, -0.2) is 4.98 Å². The molecule has 2 aromatic rings. The summed E-state index contributed by atoms with van der Waals surface area (Å²) in [4.78, 5) is 11.4. The van der Waals surface area contributed by atoms with Crippen molar-refractivity contribution in [2.45, 2.75) is 12.8 Å². The number of anilines is 2. The number of rotatable bonds is 2. The van der Waals surface area contributed by atoms with Crippen molar-refractivity contribution < 1.29 is 0 Å². The average Bonchev–Trinajstić information content (AvgIpc) is 2.91. The standard InChI is InChI=1S/C13H16N4/c1-14-10-6-7-15-11-4-5-12(16-13(10)11)17-8-2-3-9-17/h4-7H,2-3,8-9H2,1H3,(H,14,15). The van der Waals surface area contributed by atoms with Crippen molar-refractivity contribution in [3.63, 3.8) is 0 Å². The van der Waals surface area contributed by atoms with Crippen LogP contribution in [-0.2, 0) is 0 Å². The first kappa shape index (κ1) is 10.3. The zero-order valence-corrected chi connectivity index (χ0v) is 9.98. The second-order valence-electron chi connectivity index (χ2n) is 4.34. The molecule has 1 fully saturated rings. The van der Waals surface area contributed by atoms with Crippen LogP contribution in [0.3, 0.4) is 0 Å². The minimum Gasteiger partial charge on any atom is -0.386 e. The van der Waals surface area contributed by atoms with E-state index in [1.165, 1.54) is 12.8 Å². The Morgan fingerprint density at radius 1 is 1.18 bits per heavy atom. The lowest BCUT2D eigenvalue weighted by atomic mass is 10.2. The highest BCUT2D eigenvalue weighted by Crippen LogP contribution is 2.24.